The molecule has 0 aliphatic rings. The van der Waals surface area contributed by atoms with Crippen molar-refractivity contribution < 1.29 is 10.0 Å². The van der Waals surface area contributed by atoms with Crippen molar-refractivity contribution in [1.29, 1.82) is 0 Å². The van der Waals surface area contributed by atoms with Gasteiger partial charge in [0.25, 0.3) is 0 Å². The number of nitrogens with zero attached hydrogens (tertiary/aromatic N) is 2. The number of hydrogen-bond acceptors (Lipinski definition) is 4. The second-order valence-corrected chi connectivity index (χ2v) is 19.7. The zero-order chi connectivity index (χ0) is 46.0. The van der Waals surface area contributed by atoms with Crippen LogP contribution in [0.1, 0.15) is 0 Å². The molecule has 0 amide bonds. The summed E-state index contributed by atoms with van der Waals surface area (Å²) in [6.07, 6.45) is 0. The van der Waals surface area contributed by atoms with E-state index >= 15 is 0 Å². The molecule has 0 saturated heterocycles. The number of rotatable bonds is 8. The lowest BCUT2D eigenvalue weighted by atomic mass is 9.80. The standard InChI is InChI=1S/C28H19Br2N.C22H18BNO2.C6H3Br3/c29-23-17-22(18-24(30)19-23)20-13-15-26(16-14-20)31(25-9-2-1-3-10-25)28-12-6-8-21-7-4-5-11-27(21)28;25-23(26)18-13-15-20(16-14-18)24(19-9-2-1-3-10-19)22-12-6-8-17-7-4-5-11-21(17)22;7-4-1-5(8)3-6(9)2-4/h1-19H;1-16,25-26H;1-3H. The van der Waals surface area contributed by atoms with Crippen LogP contribution in [-0.2, 0) is 0 Å². The molecule has 10 heteroatoms. The summed E-state index contributed by atoms with van der Waals surface area (Å²) in [6, 6.07) is 78.6. The maximum atomic E-state index is 9.37. The first kappa shape index (κ1) is 47.2. The Hall–Kier alpha value is -5.30. The van der Waals surface area contributed by atoms with Crippen LogP contribution in [0.5, 0.6) is 0 Å². The molecular formula is C56H40BBr5N2O2. The van der Waals surface area contributed by atoms with E-state index in [0.29, 0.717) is 5.46 Å². The van der Waals surface area contributed by atoms with Crippen LogP contribution in [-0.4, -0.2) is 17.2 Å². The fourth-order valence-electron chi connectivity index (χ4n) is 7.65. The summed E-state index contributed by atoms with van der Waals surface area (Å²) in [7, 11) is -1.47. The molecule has 0 spiro atoms. The average Bonchev–Trinajstić information content (AvgIpc) is 3.33. The highest BCUT2D eigenvalue weighted by Crippen LogP contribution is 2.41. The van der Waals surface area contributed by atoms with Crippen LogP contribution >= 0.6 is 79.6 Å². The topological polar surface area (TPSA) is 46.9 Å². The summed E-state index contributed by atoms with van der Waals surface area (Å²) < 4.78 is 5.33. The lowest BCUT2D eigenvalue weighted by Gasteiger charge is -2.27. The number of benzene rings is 10. The van der Waals surface area contributed by atoms with Gasteiger partial charge in [0.15, 0.2) is 0 Å². The summed E-state index contributed by atoms with van der Waals surface area (Å²) >= 11 is 17.2. The van der Waals surface area contributed by atoms with E-state index < -0.39 is 7.12 Å². The zero-order valence-corrected chi connectivity index (χ0v) is 43.1. The van der Waals surface area contributed by atoms with Crippen molar-refractivity contribution in [3.05, 3.63) is 253 Å². The molecule has 0 fully saturated rings. The number of hydrogen-bond donors (Lipinski definition) is 2. The van der Waals surface area contributed by atoms with Crippen LogP contribution in [0.15, 0.2) is 253 Å². The zero-order valence-electron chi connectivity index (χ0n) is 35.2. The Kier molecular flexibility index (Phi) is 16.1. The van der Waals surface area contributed by atoms with E-state index in [9.17, 15) is 10.0 Å². The Bertz CT molecular complexity index is 3110. The minimum atomic E-state index is -1.47. The molecule has 0 bridgehead atoms. The largest absolute Gasteiger partial charge is 0.488 e. The third kappa shape index (κ3) is 11.8. The molecule has 4 nitrogen and oxygen atoms in total. The monoisotopic (exact) mass is 1180 g/mol. The third-order valence-electron chi connectivity index (χ3n) is 10.6. The van der Waals surface area contributed by atoms with Gasteiger partial charge in [-0.2, -0.15) is 0 Å². The van der Waals surface area contributed by atoms with E-state index in [2.05, 4.69) is 247 Å². The van der Waals surface area contributed by atoms with Crippen LogP contribution in [0.25, 0.3) is 32.7 Å². The maximum absolute atomic E-state index is 9.37. The second-order valence-electron chi connectivity index (χ2n) is 15.1. The van der Waals surface area contributed by atoms with Crippen LogP contribution in [0.3, 0.4) is 0 Å². The highest BCUT2D eigenvalue weighted by Gasteiger charge is 2.18. The van der Waals surface area contributed by atoms with Crippen LogP contribution in [0.4, 0.5) is 34.1 Å². The summed E-state index contributed by atoms with van der Waals surface area (Å²) in [6.45, 7) is 0. The Labute approximate surface area is 428 Å². The molecule has 0 aromatic heterocycles. The average molecular weight is 1180 g/mol. The molecule has 0 atom stereocenters. The Morgan fingerprint density at radius 1 is 0.303 bits per heavy atom. The van der Waals surface area contributed by atoms with Gasteiger partial charge in [0.05, 0.1) is 11.4 Å². The van der Waals surface area contributed by atoms with Crippen molar-refractivity contribution in [3.63, 3.8) is 0 Å². The first-order valence-corrected chi connectivity index (χ1v) is 24.9. The van der Waals surface area contributed by atoms with Crippen molar-refractivity contribution in [3.8, 4) is 11.1 Å². The maximum Gasteiger partial charge on any atom is 0.488 e. The normalized spacial score (nSPS) is 10.7. The van der Waals surface area contributed by atoms with E-state index in [4.69, 9.17) is 0 Å². The van der Waals surface area contributed by atoms with Gasteiger partial charge in [-0.1, -0.05) is 213 Å². The van der Waals surface area contributed by atoms with Gasteiger partial charge in [0, 0.05) is 55.9 Å². The van der Waals surface area contributed by atoms with Crippen molar-refractivity contribution >= 4 is 148 Å². The van der Waals surface area contributed by atoms with Crippen molar-refractivity contribution in [2.75, 3.05) is 9.80 Å². The SMILES string of the molecule is Brc1cc(Br)cc(-c2ccc(N(c3ccccc3)c3cccc4ccccc34)cc2)c1.Brc1cc(Br)cc(Br)c1.OB(O)c1ccc(N(c2ccccc2)c2cccc3ccccc23)cc1. The molecule has 2 N–H and O–H groups in total. The van der Waals surface area contributed by atoms with E-state index in [1.54, 1.807) is 12.1 Å². The number of para-hydroxylation sites is 2. The molecule has 0 aliphatic heterocycles. The lowest BCUT2D eigenvalue weighted by molar-refractivity contribution is 0.426. The Morgan fingerprint density at radius 2 is 0.636 bits per heavy atom. The number of anilines is 6. The lowest BCUT2D eigenvalue weighted by Crippen LogP contribution is -2.29. The first-order valence-electron chi connectivity index (χ1n) is 20.9. The van der Waals surface area contributed by atoms with Gasteiger partial charge in [-0.3, -0.25) is 0 Å². The highest BCUT2D eigenvalue weighted by molar-refractivity contribution is 9.11. The van der Waals surface area contributed by atoms with Crippen LogP contribution in [0, 0.1) is 0 Å². The van der Waals surface area contributed by atoms with Crippen LogP contribution < -0.4 is 15.3 Å². The predicted molar refractivity (Wildman–Crippen MR) is 297 cm³/mol. The molecule has 66 heavy (non-hydrogen) atoms. The van der Waals surface area contributed by atoms with E-state index in [0.717, 1.165) is 56.2 Å². The van der Waals surface area contributed by atoms with Gasteiger partial charge in [0.2, 0.25) is 0 Å². The van der Waals surface area contributed by atoms with Gasteiger partial charge >= 0.3 is 7.12 Å². The molecule has 0 aliphatic carbocycles. The predicted octanol–water partition coefficient (Wildman–Crippen LogP) is 17.5. The molecule has 324 valence electrons. The smallest absolute Gasteiger partial charge is 0.423 e. The summed E-state index contributed by atoms with van der Waals surface area (Å²) in [4.78, 5) is 4.50. The summed E-state index contributed by atoms with van der Waals surface area (Å²) in [5.74, 6) is 0. The molecule has 0 radical (unpaired) electrons. The molecule has 10 rings (SSSR count). The highest BCUT2D eigenvalue weighted by atomic mass is 79.9. The molecule has 0 unspecified atom stereocenters. The van der Waals surface area contributed by atoms with Crippen molar-refractivity contribution in [2.45, 2.75) is 0 Å². The number of fused-ring (bicyclic) bond motifs is 2. The molecule has 0 heterocycles. The first-order chi connectivity index (χ1) is 32.1. The quantitative estimate of drug-likeness (QED) is 0.149. The Balaban J connectivity index is 0.000000153. The molecular weight excluding hydrogens is 1140 g/mol. The molecule has 10 aromatic rings. The summed E-state index contributed by atoms with van der Waals surface area (Å²) in [5.41, 5.74) is 9.32. The minimum Gasteiger partial charge on any atom is -0.423 e. The molecule has 0 saturated carbocycles. The molecule has 10 aromatic carbocycles. The second kappa shape index (κ2) is 22.5. The summed E-state index contributed by atoms with van der Waals surface area (Å²) in [5, 5.41) is 23.5. The van der Waals surface area contributed by atoms with E-state index in [1.807, 2.05) is 60.7 Å². The van der Waals surface area contributed by atoms with Crippen LogP contribution in [0.2, 0.25) is 0 Å². The Morgan fingerprint density at radius 3 is 1.05 bits per heavy atom. The van der Waals surface area contributed by atoms with Crippen molar-refractivity contribution in [1.82, 2.24) is 0 Å². The van der Waals surface area contributed by atoms with E-state index in [1.165, 1.54) is 33.0 Å². The van der Waals surface area contributed by atoms with E-state index in [-0.39, 0.29) is 0 Å². The van der Waals surface area contributed by atoms with Gasteiger partial charge in [-0.25, -0.2) is 0 Å². The van der Waals surface area contributed by atoms with Gasteiger partial charge in [0.1, 0.15) is 0 Å². The third-order valence-corrected chi connectivity index (χ3v) is 12.9. The fourth-order valence-corrected chi connectivity index (χ4v) is 11.3. The van der Waals surface area contributed by atoms with Gasteiger partial charge in [-0.05, 0) is 124 Å². The number of halogens is 5. The van der Waals surface area contributed by atoms with Gasteiger partial charge < -0.3 is 19.8 Å². The minimum absolute atomic E-state index is 0.472. The fraction of sp³-hybridized carbons (Fsp3) is 0. The van der Waals surface area contributed by atoms with Gasteiger partial charge in [-0.15, -0.1) is 0 Å². The van der Waals surface area contributed by atoms with Crippen molar-refractivity contribution in [2.24, 2.45) is 0 Å².